The van der Waals surface area contributed by atoms with Crippen molar-refractivity contribution in [3.05, 3.63) is 0 Å². The van der Waals surface area contributed by atoms with Crippen molar-refractivity contribution in [2.75, 3.05) is 0 Å². The van der Waals surface area contributed by atoms with Gasteiger partial charge >= 0.3 is 5.97 Å². The molecule has 1 heterocycles. The lowest BCUT2D eigenvalue weighted by atomic mass is 9.44. The summed E-state index contributed by atoms with van der Waals surface area (Å²) in [7, 11) is 0. The topological polar surface area (TPSA) is 66.8 Å². The smallest absolute Gasteiger partial charge is 0.306 e. The highest BCUT2D eigenvalue weighted by Gasteiger charge is 2.65. The summed E-state index contributed by atoms with van der Waals surface area (Å²) >= 11 is 0. The van der Waals surface area contributed by atoms with Crippen LogP contribution in [-0.4, -0.2) is 34.0 Å². The van der Waals surface area contributed by atoms with Gasteiger partial charge in [-0.3, -0.25) is 4.79 Å². The Bertz CT molecular complexity index is 446. The number of carbonyl (C=O) groups is 1. The average molecular weight is 282 g/mol. The van der Waals surface area contributed by atoms with E-state index >= 15 is 0 Å². The van der Waals surface area contributed by atoms with Crippen molar-refractivity contribution in [2.24, 2.45) is 22.7 Å². The molecule has 1 aliphatic heterocycles. The lowest BCUT2D eigenvalue weighted by Gasteiger charge is -2.61. The monoisotopic (exact) mass is 282 g/mol. The zero-order valence-corrected chi connectivity index (χ0v) is 12.8. The van der Waals surface area contributed by atoms with Crippen molar-refractivity contribution in [3.8, 4) is 0 Å². The Kier molecular flexibility index (Phi) is 2.85. The quantitative estimate of drug-likeness (QED) is 0.666. The van der Waals surface area contributed by atoms with Crippen LogP contribution in [0.1, 0.15) is 53.4 Å². The molecular formula is C16H26O4. The highest BCUT2D eigenvalue weighted by atomic mass is 16.6. The van der Waals surface area contributed by atoms with E-state index in [1.54, 1.807) is 0 Å². The molecular weight excluding hydrogens is 256 g/mol. The first-order valence-corrected chi connectivity index (χ1v) is 7.69. The molecule has 2 saturated carbocycles. The summed E-state index contributed by atoms with van der Waals surface area (Å²) in [5.41, 5.74) is -0.874. The molecule has 3 rings (SSSR count). The predicted octanol–water partition coefficient (Wildman–Crippen LogP) is 1.88. The number of hydrogen-bond donors (Lipinski definition) is 2. The third-order valence-corrected chi connectivity index (χ3v) is 6.65. The molecule has 0 spiro atoms. The second-order valence-corrected chi connectivity index (χ2v) is 8.18. The molecule has 3 aliphatic rings. The normalized spacial score (nSPS) is 54.0. The minimum absolute atomic E-state index is 0.113. The number of esters is 1. The van der Waals surface area contributed by atoms with Gasteiger partial charge in [0.15, 0.2) is 0 Å². The summed E-state index contributed by atoms with van der Waals surface area (Å²) in [6.07, 6.45) is 1.39. The zero-order chi connectivity index (χ0) is 14.9. The van der Waals surface area contributed by atoms with Gasteiger partial charge in [-0.2, -0.15) is 0 Å². The molecule has 2 aliphatic carbocycles. The van der Waals surface area contributed by atoms with Crippen LogP contribution in [0.25, 0.3) is 0 Å². The van der Waals surface area contributed by atoms with Crippen molar-refractivity contribution in [1.82, 2.24) is 0 Å². The van der Waals surface area contributed by atoms with Gasteiger partial charge in [0, 0.05) is 5.92 Å². The van der Waals surface area contributed by atoms with Crippen LogP contribution < -0.4 is 0 Å². The van der Waals surface area contributed by atoms with Crippen molar-refractivity contribution < 1.29 is 19.7 Å². The number of rotatable bonds is 0. The summed E-state index contributed by atoms with van der Waals surface area (Å²) in [4.78, 5) is 11.8. The van der Waals surface area contributed by atoms with Crippen LogP contribution >= 0.6 is 0 Å². The summed E-state index contributed by atoms with van der Waals surface area (Å²) < 4.78 is 5.61. The number of fused-ring (bicyclic) bond motifs is 3. The zero-order valence-electron chi connectivity index (χ0n) is 12.8. The molecule has 0 unspecified atom stereocenters. The molecule has 3 fully saturated rings. The van der Waals surface area contributed by atoms with Crippen LogP contribution in [0.2, 0.25) is 0 Å². The first-order valence-electron chi connectivity index (χ1n) is 7.69. The first kappa shape index (κ1) is 14.3. The molecule has 2 N–H and O–H groups in total. The Morgan fingerprint density at radius 1 is 1.15 bits per heavy atom. The van der Waals surface area contributed by atoms with Gasteiger partial charge in [0.1, 0.15) is 5.60 Å². The lowest BCUT2D eigenvalue weighted by Crippen LogP contribution is -2.63. The van der Waals surface area contributed by atoms with E-state index in [2.05, 4.69) is 6.92 Å². The Labute approximate surface area is 120 Å². The van der Waals surface area contributed by atoms with Crippen LogP contribution in [0.3, 0.4) is 0 Å². The van der Waals surface area contributed by atoms with Gasteiger partial charge in [-0.1, -0.05) is 20.8 Å². The highest BCUT2D eigenvalue weighted by Crippen LogP contribution is 2.64. The fourth-order valence-corrected chi connectivity index (χ4v) is 5.69. The standard InChI is InChI=1S/C16H26O4/c1-14(2)10-5-6-16(4)11(7-12(18)20-16)15(10,3)8-9(17)13(14)19/h9-11,13,17,19H,5-8H2,1-4H3/t9-,10+,11-,13+,15+,16-/m1/s1. The van der Waals surface area contributed by atoms with Crippen molar-refractivity contribution >= 4 is 5.97 Å². The molecule has 6 atom stereocenters. The van der Waals surface area contributed by atoms with Gasteiger partial charge in [0.25, 0.3) is 0 Å². The molecule has 4 nitrogen and oxygen atoms in total. The Morgan fingerprint density at radius 3 is 2.45 bits per heavy atom. The number of carbonyl (C=O) groups excluding carboxylic acids is 1. The van der Waals surface area contributed by atoms with Gasteiger partial charge in [0.2, 0.25) is 0 Å². The number of aliphatic hydroxyl groups is 2. The third-order valence-electron chi connectivity index (χ3n) is 6.65. The van der Waals surface area contributed by atoms with E-state index in [0.717, 1.165) is 12.8 Å². The molecule has 0 radical (unpaired) electrons. The largest absolute Gasteiger partial charge is 0.459 e. The van der Waals surface area contributed by atoms with Gasteiger partial charge in [-0.15, -0.1) is 0 Å². The fraction of sp³-hybridized carbons (Fsp3) is 0.938. The van der Waals surface area contributed by atoms with E-state index in [4.69, 9.17) is 4.74 Å². The maximum absolute atomic E-state index is 11.8. The van der Waals surface area contributed by atoms with E-state index in [-0.39, 0.29) is 28.3 Å². The van der Waals surface area contributed by atoms with Crippen LogP contribution in [0.15, 0.2) is 0 Å². The first-order chi connectivity index (χ1) is 9.11. The Balaban J connectivity index is 2.04. The predicted molar refractivity (Wildman–Crippen MR) is 73.8 cm³/mol. The van der Waals surface area contributed by atoms with Crippen LogP contribution in [0, 0.1) is 22.7 Å². The fourth-order valence-electron chi connectivity index (χ4n) is 5.69. The molecule has 0 aromatic rings. The van der Waals surface area contributed by atoms with E-state index in [0.29, 0.717) is 18.8 Å². The van der Waals surface area contributed by atoms with E-state index < -0.39 is 12.2 Å². The van der Waals surface area contributed by atoms with Crippen LogP contribution in [0.5, 0.6) is 0 Å². The molecule has 0 bridgehead atoms. The van der Waals surface area contributed by atoms with E-state index in [9.17, 15) is 15.0 Å². The second kappa shape index (κ2) is 3.98. The third kappa shape index (κ3) is 1.64. The molecule has 20 heavy (non-hydrogen) atoms. The second-order valence-electron chi connectivity index (χ2n) is 8.18. The summed E-state index contributed by atoms with van der Waals surface area (Å²) in [5, 5.41) is 20.7. The minimum Gasteiger partial charge on any atom is -0.459 e. The summed E-state index contributed by atoms with van der Waals surface area (Å²) in [5.74, 6) is 0.335. The highest BCUT2D eigenvalue weighted by molar-refractivity contribution is 5.73. The van der Waals surface area contributed by atoms with Gasteiger partial charge in [0.05, 0.1) is 18.6 Å². The number of aliphatic hydroxyl groups excluding tert-OH is 2. The van der Waals surface area contributed by atoms with Crippen LogP contribution in [-0.2, 0) is 9.53 Å². The average Bonchev–Trinajstić information content (AvgIpc) is 2.62. The Morgan fingerprint density at radius 2 is 1.80 bits per heavy atom. The minimum atomic E-state index is -0.718. The molecule has 1 saturated heterocycles. The van der Waals surface area contributed by atoms with Gasteiger partial charge < -0.3 is 14.9 Å². The molecule has 0 amide bonds. The van der Waals surface area contributed by atoms with Crippen molar-refractivity contribution in [3.63, 3.8) is 0 Å². The SMILES string of the molecule is CC1(C)[C@@H](O)[C@H](O)C[C@]2(C)[C@H]3CC(=O)O[C@]3(C)CC[C@@H]12. The van der Waals surface area contributed by atoms with E-state index in [1.165, 1.54) is 0 Å². The molecule has 0 aromatic heterocycles. The van der Waals surface area contributed by atoms with Crippen molar-refractivity contribution in [2.45, 2.75) is 71.2 Å². The molecule has 114 valence electrons. The molecule has 0 aromatic carbocycles. The Hall–Kier alpha value is -0.610. The lowest BCUT2D eigenvalue weighted by molar-refractivity contribution is -0.214. The van der Waals surface area contributed by atoms with Crippen LogP contribution in [0.4, 0.5) is 0 Å². The summed E-state index contributed by atoms with van der Waals surface area (Å²) in [6, 6.07) is 0. The van der Waals surface area contributed by atoms with Gasteiger partial charge in [-0.25, -0.2) is 0 Å². The van der Waals surface area contributed by atoms with E-state index in [1.807, 2.05) is 20.8 Å². The molecule has 4 heteroatoms. The van der Waals surface area contributed by atoms with Gasteiger partial charge in [-0.05, 0) is 42.9 Å². The maximum Gasteiger partial charge on any atom is 0.306 e. The number of hydrogen-bond acceptors (Lipinski definition) is 4. The van der Waals surface area contributed by atoms with Crippen molar-refractivity contribution in [1.29, 1.82) is 0 Å². The summed E-state index contributed by atoms with van der Waals surface area (Å²) in [6.45, 7) is 8.31. The maximum atomic E-state index is 11.8. The number of ether oxygens (including phenoxy) is 1.